The summed E-state index contributed by atoms with van der Waals surface area (Å²) in [6.45, 7) is 2.51. The van der Waals surface area contributed by atoms with E-state index in [0.29, 0.717) is 6.04 Å². The summed E-state index contributed by atoms with van der Waals surface area (Å²) in [7, 11) is 0. The molecule has 100 valence electrons. The average molecular weight is 262 g/mol. The van der Waals surface area contributed by atoms with Crippen molar-refractivity contribution in [1.29, 1.82) is 0 Å². The average Bonchev–Trinajstić information content (AvgIpc) is 2.30. The van der Waals surface area contributed by atoms with Gasteiger partial charge in [0.2, 0.25) is 0 Å². The SMILES string of the molecule is CC(=O)OC1CCNC(C2CCCCC2)C1.Cl. The molecule has 2 atom stereocenters. The zero-order chi connectivity index (χ0) is 11.4. The number of halogens is 1. The molecule has 0 spiro atoms. The Kier molecular flexibility index (Phi) is 6.28. The van der Waals surface area contributed by atoms with E-state index >= 15 is 0 Å². The highest BCUT2D eigenvalue weighted by Crippen LogP contribution is 2.30. The van der Waals surface area contributed by atoms with Crippen LogP contribution in [0.25, 0.3) is 0 Å². The predicted molar refractivity (Wildman–Crippen MR) is 70.4 cm³/mol. The predicted octanol–water partition coefficient (Wildman–Crippen LogP) is 2.67. The van der Waals surface area contributed by atoms with Crippen molar-refractivity contribution in [3.8, 4) is 0 Å². The summed E-state index contributed by atoms with van der Waals surface area (Å²) in [5.74, 6) is 0.682. The van der Waals surface area contributed by atoms with E-state index in [9.17, 15) is 4.79 Å². The molecule has 1 N–H and O–H groups in total. The zero-order valence-electron chi connectivity index (χ0n) is 10.6. The highest BCUT2D eigenvalue weighted by atomic mass is 35.5. The van der Waals surface area contributed by atoms with Crippen LogP contribution in [0.5, 0.6) is 0 Å². The Balaban J connectivity index is 0.00000144. The number of carbonyl (C=O) groups excluding carboxylic acids is 1. The van der Waals surface area contributed by atoms with Crippen LogP contribution in [0.3, 0.4) is 0 Å². The van der Waals surface area contributed by atoms with Gasteiger partial charge in [0.05, 0.1) is 0 Å². The van der Waals surface area contributed by atoms with Crippen molar-refractivity contribution < 1.29 is 9.53 Å². The maximum Gasteiger partial charge on any atom is 0.302 e. The van der Waals surface area contributed by atoms with Crippen molar-refractivity contribution in [2.75, 3.05) is 6.54 Å². The van der Waals surface area contributed by atoms with Crippen molar-refractivity contribution in [3.63, 3.8) is 0 Å². The maximum atomic E-state index is 11.0. The number of nitrogens with one attached hydrogen (secondary N) is 1. The number of ether oxygens (including phenoxy) is 1. The Morgan fingerprint density at radius 3 is 2.53 bits per heavy atom. The summed E-state index contributed by atoms with van der Waals surface area (Å²) in [6, 6.07) is 0.582. The van der Waals surface area contributed by atoms with Gasteiger partial charge in [0.25, 0.3) is 0 Å². The quantitative estimate of drug-likeness (QED) is 0.777. The molecule has 3 nitrogen and oxygen atoms in total. The summed E-state index contributed by atoms with van der Waals surface area (Å²) >= 11 is 0. The molecule has 0 bridgehead atoms. The number of rotatable bonds is 2. The topological polar surface area (TPSA) is 38.3 Å². The van der Waals surface area contributed by atoms with Crippen LogP contribution in [0.2, 0.25) is 0 Å². The fraction of sp³-hybridized carbons (Fsp3) is 0.923. The second-order valence-electron chi connectivity index (χ2n) is 5.21. The number of hydrogen-bond acceptors (Lipinski definition) is 3. The molecule has 1 aliphatic carbocycles. The zero-order valence-corrected chi connectivity index (χ0v) is 11.4. The van der Waals surface area contributed by atoms with Gasteiger partial charge in [-0.2, -0.15) is 0 Å². The Hall–Kier alpha value is -0.280. The summed E-state index contributed by atoms with van der Waals surface area (Å²) in [6.07, 6.45) is 9.01. The summed E-state index contributed by atoms with van der Waals surface area (Å²) in [4.78, 5) is 11.0. The van der Waals surface area contributed by atoms with Crippen molar-refractivity contribution in [3.05, 3.63) is 0 Å². The lowest BCUT2D eigenvalue weighted by Crippen LogP contribution is -2.46. The third-order valence-electron chi connectivity index (χ3n) is 3.94. The molecule has 0 amide bonds. The van der Waals surface area contributed by atoms with Crippen LogP contribution >= 0.6 is 12.4 Å². The van der Waals surface area contributed by atoms with Crippen LogP contribution < -0.4 is 5.32 Å². The summed E-state index contributed by atoms with van der Waals surface area (Å²) in [5.41, 5.74) is 0. The smallest absolute Gasteiger partial charge is 0.302 e. The Morgan fingerprint density at radius 1 is 1.18 bits per heavy atom. The van der Waals surface area contributed by atoms with Crippen molar-refractivity contribution >= 4 is 18.4 Å². The molecule has 0 aromatic rings. The highest BCUT2D eigenvalue weighted by molar-refractivity contribution is 5.85. The lowest BCUT2D eigenvalue weighted by atomic mass is 9.80. The highest BCUT2D eigenvalue weighted by Gasteiger charge is 2.30. The minimum absolute atomic E-state index is 0. The van der Waals surface area contributed by atoms with Crippen LogP contribution in [-0.2, 0) is 9.53 Å². The molecule has 17 heavy (non-hydrogen) atoms. The van der Waals surface area contributed by atoms with Gasteiger partial charge in [0.1, 0.15) is 6.10 Å². The summed E-state index contributed by atoms with van der Waals surface area (Å²) in [5, 5.41) is 3.60. The second kappa shape index (κ2) is 7.22. The lowest BCUT2D eigenvalue weighted by Gasteiger charge is -2.36. The number of piperidine rings is 1. The van der Waals surface area contributed by atoms with E-state index in [-0.39, 0.29) is 24.5 Å². The minimum atomic E-state index is -0.130. The summed E-state index contributed by atoms with van der Waals surface area (Å²) < 4.78 is 5.33. The van der Waals surface area contributed by atoms with Crippen LogP contribution in [0.1, 0.15) is 51.9 Å². The lowest BCUT2D eigenvalue weighted by molar-refractivity contribution is -0.148. The van der Waals surface area contributed by atoms with E-state index < -0.39 is 0 Å². The van der Waals surface area contributed by atoms with Gasteiger partial charge in [-0.1, -0.05) is 19.3 Å². The molecule has 1 aliphatic heterocycles. The second-order valence-corrected chi connectivity index (χ2v) is 5.21. The molecule has 1 saturated carbocycles. The Morgan fingerprint density at radius 2 is 1.88 bits per heavy atom. The van der Waals surface area contributed by atoms with Gasteiger partial charge in [-0.25, -0.2) is 0 Å². The van der Waals surface area contributed by atoms with Crippen molar-refractivity contribution in [2.24, 2.45) is 5.92 Å². The monoisotopic (exact) mass is 261 g/mol. The number of hydrogen-bond donors (Lipinski definition) is 1. The van der Waals surface area contributed by atoms with Gasteiger partial charge in [-0.3, -0.25) is 4.79 Å². The Bertz CT molecular complexity index is 242. The molecule has 0 aromatic heterocycles. The van der Waals surface area contributed by atoms with Gasteiger partial charge < -0.3 is 10.1 Å². The normalized spacial score (nSPS) is 30.4. The van der Waals surface area contributed by atoms with Gasteiger partial charge in [0, 0.05) is 19.4 Å². The van der Waals surface area contributed by atoms with Crippen LogP contribution in [0.15, 0.2) is 0 Å². The van der Waals surface area contributed by atoms with E-state index in [0.717, 1.165) is 25.3 Å². The van der Waals surface area contributed by atoms with E-state index in [4.69, 9.17) is 4.74 Å². The van der Waals surface area contributed by atoms with E-state index in [1.807, 2.05) is 0 Å². The van der Waals surface area contributed by atoms with Crippen molar-refractivity contribution in [1.82, 2.24) is 5.32 Å². The van der Waals surface area contributed by atoms with E-state index in [1.165, 1.54) is 39.0 Å². The molecular formula is C13H24ClNO2. The van der Waals surface area contributed by atoms with Crippen LogP contribution in [0.4, 0.5) is 0 Å². The number of carbonyl (C=O) groups is 1. The minimum Gasteiger partial charge on any atom is -0.462 e. The maximum absolute atomic E-state index is 11.0. The molecule has 1 heterocycles. The van der Waals surface area contributed by atoms with E-state index in [1.54, 1.807) is 0 Å². The molecular weight excluding hydrogens is 238 g/mol. The van der Waals surface area contributed by atoms with Gasteiger partial charge in [0.15, 0.2) is 0 Å². The molecule has 1 saturated heterocycles. The standard InChI is InChI=1S/C13H23NO2.ClH/c1-10(15)16-12-7-8-14-13(9-12)11-5-3-2-4-6-11;/h11-14H,2-9H2,1H3;1H. The molecule has 0 aromatic carbocycles. The molecule has 2 aliphatic rings. The van der Waals surface area contributed by atoms with Gasteiger partial charge >= 0.3 is 5.97 Å². The number of esters is 1. The van der Waals surface area contributed by atoms with E-state index in [2.05, 4.69) is 5.32 Å². The first-order valence-electron chi connectivity index (χ1n) is 6.66. The third kappa shape index (κ3) is 4.47. The molecule has 2 fully saturated rings. The first-order valence-corrected chi connectivity index (χ1v) is 6.66. The fourth-order valence-corrected chi connectivity index (χ4v) is 3.15. The largest absolute Gasteiger partial charge is 0.462 e. The third-order valence-corrected chi connectivity index (χ3v) is 3.94. The van der Waals surface area contributed by atoms with Crippen LogP contribution in [0, 0.1) is 5.92 Å². The van der Waals surface area contributed by atoms with Gasteiger partial charge in [-0.05, 0) is 31.7 Å². The molecule has 2 rings (SSSR count). The molecule has 0 radical (unpaired) electrons. The fourth-order valence-electron chi connectivity index (χ4n) is 3.15. The first-order chi connectivity index (χ1) is 7.75. The molecule has 4 heteroatoms. The van der Waals surface area contributed by atoms with Crippen molar-refractivity contribution in [2.45, 2.75) is 64.0 Å². The van der Waals surface area contributed by atoms with Crippen LogP contribution in [-0.4, -0.2) is 24.7 Å². The first kappa shape index (κ1) is 14.8. The molecule has 2 unspecified atom stereocenters. The Labute approximate surface area is 110 Å². The van der Waals surface area contributed by atoms with Gasteiger partial charge in [-0.15, -0.1) is 12.4 Å².